The summed E-state index contributed by atoms with van der Waals surface area (Å²) in [4.78, 5) is 0. The lowest BCUT2D eigenvalue weighted by atomic mass is 9.88. The van der Waals surface area contributed by atoms with Crippen LogP contribution in [0.4, 0.5) is 13.2 Å². The first-order chi connectivity index (χ1) is 7.35. The van der Waals surface area contributed by atoms with E-state index < -0.39 is 12.8 Å². The van der Waals surface area contributed by atoms with E-state index in [1.807, 2.05) is 13.8 Å². The molecule has 1 fully saturated rings. The average Bonchev–Trinajstić information content (AvgIpc) is 2.96. The molecule has 1 saturated carbocycles. The number of alkyl halides is 3. The minimum absolute atomic E-state index is 0.155. The van der Waals surface area contributed by atoms with E-state index in [-0.39, 0.29) is 12.0 Å². The van der Waals surface area contributed by atoms with Crippen molar-refractivity contribution in [2.75, 3.05) is 19.8 Å². The van der Waals surface area contributed by atoms with Gasteiger partial charge in [-0.15, -0.1) is 0 Å². The van der Waals surface area contributed by atoms with Gasteiger partial charge in [-0.3, -0.25) is 0 Å². The third-order valence-corrected chi connectivity index (χ3v) is 2.96. The second-order valence-electron chi connectivity index (χ2n) is 4.93. The molecule has 0 heterocycles. The summed E-state index contributed by atoms with van der Waals surface area (Å²) in [5.74, 6) is 0. The largest absolute Gasteiger partial charge is 0.411 e. The smallest absolute Gasteiger partial charge is 0.371 e. The molecule has 1 unspecified atom stereocenters. The van der Waals surface area contributed by atoms with Crippen LogP contribution in [0.25, 0.3) is 0 Å². The van der Waals surface area contributed by atoms with Crippen LogP contribution in [0.1, 0.15) is 33.1 Å². The summed E-state index contributed by atoms with van der Waals surface area (Å²) < 4.78 is 40.5. The van der Waals surface area contributed by atoms with Crippen LogP contribution in [-0.2, 0) is 4.74 Å². The highest BCUT2D eigenvalue weighted by molar-refractivity contribution is 4.85. The lowest BCUT2D eigenvalue weighted by molar-refractivity contribution is -0.180. The van der Waals surface area contributed by atoms with Crippen molar-refractivity contribution in [1.29, 1.82) is 0 Å². The van der Waals surface area contributed by atoms with Gasteiger partial charge in [-0.05, 0) is 19.3 Å². The van der Waals surface area contributed by atoms with Gasteiger partial charge in [-0.1, -0.05) is 13.8 Å². The second-order valence-corrected chi connectivity index (χ2v) is 4.93. The van der Waals surface area contributed by atoms with Crippen molar-refractivity contribution in [3.63, 3.8) is 0 Å². The van der Waals surface area contributed by atoms with Crippen molar-refractivity contribution in [3.05, 3.63) is 0 Å². The number of halogens is 3. The van der Waals surface area contributed by atoms with Crippen molar-refractivity contribution in [3.8, 4) is 0 Å². The summed E-state index contributed by atoms with van der Waals surface area (Å²) in [6.45, 7) is 3.67. The van der Waals surface area contributed by atoms with Crippen LogP contribution in [0, 0.1) is 5.41 Å². The number of hydrogen-bond donors (Lipinski definition) is 1. The summed E-state index contributed by atoms with van der Waals surface area (Å²) in [6.07, 6.45) is -1.05. The molecular formula is C11H20F3NO. The third-order valence-electron chi connectivity index (χ3n) is 2.96. The zero-order chi connectivity index (χ0) is 12.2. The molecule has 2 nitrogen and oxygen atoms in total. The fourth-order valence-electron chi connectivity index (χ4n) is 1.37. The average molecular weight is 239 g/mol. The summed E-state index contributed by atoms with van der Waals surface area (Å²) in [5.41, 5.74) is -0.201. The Bertz CT molecular complexity index is 216. The minimum atomic E-state index is -4.22. The van der Waals surface area contributed by atoms with Crippen molar-refractivity contribution in [1.82, 2.24) is 5.32 Å². The Labute approximate surface area is 94.5 Å². The van der Waals surface area contributed by atoms with Gasteiger partial charge in [0.1, 0.15) is 6.61 Å². The summed E-state index contributed by atoms with van der Waals surface area (Å²) >= 11 is 0. The van der Waals surface area contributed by atoms with Crippen LogP contribution in [0.3, 0.4) is 0 Å². The lowest BCUT2D eigenvalue weighted by Crippen LogP contribution is -2.37. The van der Waals surface area contributed by atoms with E-state index in [4.69, 9.17) is 4.74 Å². The van der Waals surface area contributed by atoms with Crippen molar-refractivity contribution >= 4 is 0 Å². The summed E-state index contributed by atoms with van der Waals surface area (Å²) in [6, 6.07) is 0.577. The molecule has 16 heavy (non-hydrogen) atoms. The number of ether oxygens (including phenoxy) is 1. The minimum Gasteiger partial charge on any atom is -0.371 e. The summed E-state index contributed by atoms with van der Waals surface area (Å²) in [5, 5.41) is 3.33. The van der Waals surface area contributed by atoms with Gasteiger partial charge in [-0.2, -0.15) is 13.2 Å². The van der Waals surface area contributed by atoms with E-state index in [2.05, 4.69) is 5.32 Å². The van der Waals surface area contributed by atoms with Gasteiger partial charge < -0.3 is 10.1 Å². The van der Waals surface area contributed by atoms with Crippen LogP contribution in [0.15, 0.2) is 0 Å². The van der Waals surface area contributed by atoms with Crippen molar-refractivity contribution in [2.24, 2.45) is 5.41 Å². The van der Waals surface area contributed by atoms with E-state index in [1.54, 1.807) is 0 Å². The maximum atomic E-state index is 11.9. The standard InChI is InChI=1S/C11H20F3NO/c1-3-10(2,6-15-9-4-5-9)7-16-8-11(12,13)14/h9,15H,3-8H2,1-2H3. The predicted molar refractivity (Wildman–Crippen MR) is 56.3 cm³/mol. The molecule has 1 N–H and O–H groups in total. The molecule has 1 aliphatic carbocycles. The van der Waals surface area contributed by atoms with Crippen molar-refractivity contribution < 1.29 is 17.9 Å². The van der Waals surface area contributed by atoms with E-state index in [9.17, 15) is 13.2 Å². The molecular weight excluding hydrogens is 219 g/mol. The van der Waals surface area contributed by atoms with Gasteiger partial charge in [0.25, 0.3) is 0 Å². The van der Waals surface area contributed by atoms with E-state index in [0.717, 1.165) is 13.0 Å². The molecule has 0 aromatic heterocycles. The Morgan fingerprint density at radius 1 is 1.25 bits per heavy atom. The van der Waals surface area contributed by atoms with Gasteiger partial charge >= 0.3 is 6.18 Å². The molecule has 1 aliphatic rings. The fraction of sp³-hybridized carbons (Fsp3) is 1.00. The topological polar surface area (TPSA) is 21.3 Å². The molecule has 0 aliphatic heterocycles. The van der Waals surface area contributed by atoms with Crippen LogP contribution in [0.2, 0.25) is 0 Å². The van der Waals surface area contributed by atoms with Crippen LogP contribution >= 0.6 is 0 Å². The lowest BCUT2D eigenvalue weighted by Gasteiger charge is -2.28. The molecule has 0 spiro atoms. The normalized spacial score (nSPS) is 20.8. The molecule has 0 aromatic rings. The van der Waals surface area contributed by atoms with E-state index >= 15 is 0 Å². The highest BCUT2D eigenvalue weighted by atomic mass is 19.4. The first-order valence-corrected chi connectivity index (χ1v) is 5.72. The zero-order valence-corrected chi connectivity index (χ0v) is 9.86. The third kappa shape index (κ3) is 5.70. The van der Waals surface area contributed by atoms with Gasteiger partial charge in [0.05, 0.1) is 6.61 Å². The van der Waals surface area contributed by atoms with Gasteiger partial charge in [0, 0.05) is 18.0 Å². The van der Waals surface area contributed by atoms with Gasteiger partial charge in [0.15, 0.2) is 0 Å². The molecule has 96 valence electrons. The number of nitrogens with one attached hydrogen (secondary N) is 1. The van der Waals surface area contributed by atoms with Crippen molar-refractivity contribution in [2.45, 2.75) is 45.3 Å². The summed E-state index contributed by atoms with van der Waals surface area (Å²) in [7, 11) is 0. The monoisotopic (exact) mass is 239 g/mol. The highest BCUT2D eigenvalue weighted by Crippen LogP contribution is 2.25. The molecule has 1 atom stereocenters. The highest BCUT2D eigenvalue weighted by Gasteiger charge is 2.31. The van der Waals surface area contributed by atoms with E-state index in [1.165, 1.54) is 12.8 Å². The second kappa shape index (κ2) is 5.36. The first kappa shape index (κ1) is 13.8. The van der Waals surface area contributed by atoms with E-state index in [0.29, 0.717) is 6.04 Å². The first-order valence-electron chi connectivity index (χ1n) is 5.72. The SMILES string of the molecule is CCC(C)(CNC1CC1)COCC(F)(F)F. The Balaban J connectivity index is 2.22. The van der Waals surface area contributed by atoms with Crippen LogP contribution in [0.5, 0.6) is 0 Å². The Morgan fingerprint density at radius 2 is 1.88 bits per heavy atom. The van der Waals surface area contributed by atoms with Crippen LogP contribution < -0.4 is 5.32 Å². The van der Waals surface area contributed by atoms with Gasteiger partial charge in [-0.25, -0.2) is 0 Å². The molecule has 5 heteroatoms. The molecule has 0 radical (unpaired) electrons. The predicted octanol–water partition coefficient (Wildman–Crippen LogP) is 2.73. The molecule has 0 bridgehead atoms. The zero-order valence-electron chi connectivity index (χ0n) is 9.86. The van der Waals surface area contributed by atoms with Gasteiger partial charge in [0.2, 0.25) is 0 Å². The number of rotatable bonds is 7. The molecule has 0 aromatic carbocycles. The quantitative estimate of drug-likeness (QED) is 0.737. The van der Waals surface area contributed by atoms with Crippen LogP contribution in [-0.4, -0.2) is 32.0 Å². The Kier molecular flexibility index (Phi) is 4.62. The maximum Gasteiger partial charge on any atom is 0.411 e. The molecule has 0 amide bonds. The fourth-order valence-corrected chi connectivity index (χ4v) is 1.37. The molecule has 1 rings (SSSR count). The Hall–Kier alpha value is -0.290. The Morgan fingerprint density at radius 3 is 2.31 bits per heavy atom. The number of hydrogen-bond acceptors (Lipinski definition) is 2. The molecule has 0 saturated heterocycles. The maximum absolute atomic E-state index is 11.9.